The Bertz CT molecular complexity index is 411. The van der Waals surface area contributed by atoms with Gasteiger partial charge in [-0.05, 0) is 44.6 Å². The van der Waals surface area contributed by atoms with E-state index in [0.29, 0.717) is 6.54 Å². The molecule has 1 aromatic rings. The molecular weight excluding hydrogens is 262 g/mol. The normalized spacial score (nSPS) is 11.0. The van der Waals surface area contributed by atoms with E-state index in [2.05, 4.69) is 67.7 Å². The van der Waals surface area contributed by atoms with Crippen molar-refractivity contribution in [2.24, 2.45) is 5.92 Å². The lowest BCUT2D eigenvalue weighted by molar-refractivity contribution is -0.125. The molecule has 21 heavy (non-hydrogen) atoms. The standard InChI is InChI=1S/C17H29N3O/c1-5-15(6-2)17(21)19-13-14-7-9-16(10-8-14)18-11-12-20(3)4/h7-10,15,18H,5-6,11-13H2,1-4H3,(H,19,21). The molecule has 2 N–H and O–H groups in total. The molecule has 0 spiro atoms. The molecule has 0 saturated carbocycles. The fraction of sp³-hybridized carbons (Fsp3) is 0.588. The van der Waals surface area contributed by atoms with Crippen LogP contribution in [0.3, 0.4) is 0 Å². The van der Waals surface area contributed by atoms with E-state index in [0.717, 1.165) is 37.2 Å². The van der Waals surface area contributed by atoms with E-state index in [-0.39, 0.29) is 11.8 Å². The Morgan fingerprint density at radius 2 is 1.76 bits per heavy atom. The van der Waals surface area contributed by atoms with Crippen LogP contribution in [0.2, 0.25) is 0 Å². The molecular formula is C17H29N3O. The molecule has 0 fully saturated rings. The summed E-state index contributed by atoms with van der Waals surface area (Å²) < 4.78 is 0. The highest BCUT2D eigenvalue weighted by Gasteiger charge is 2.13. The predicted molar refractivity (Wildman–Crippen MR) is 89.4 cm³/mol. The Morgan fingerprint density at radius 3 is 2.29 bits per heavy atom. The number of carbonyl (C=O) groups is 1. The zero-order valence-electron chi connectivity index (χ0n) is 13.8. The van der Waals surface area contributed by atoms with Gasteiger partial charge in [0, 0.05) is 31.2 Å². The second-order valence-electron chi connectivity index (χ2n) is 5.66. The van der Waals surface area contributed by atoms with Crippen molar-refractivity contribution in [1.29, 1.82) is 0 Å². The van der Waals surface area contributed by atoms with Gasteiger partial charge in [0.2, 0.25) is 5.91 Å². The summed E-state index contributed by atoms with van der Waals surface area (Å²) in [7, 11) is 4.13. The van der Waals surface area contributed by atoms with E-state index in [1.165, 1.54) is 0 Å². The van der Waals surface area contributed by atoms with Gasteiger partial charge < -0.3 is 15.5 Å². The number of carbonyl (C=O) groups excluding carboxylic acids is 1. The first-order valence-electron chi connectivity index (χ1n) is 7.82. The van der Waals surface area contributed by atoms with E-state index in [1.54, 1.807) is 0 Å². The van der Waals surface area contributed by atoms with Gasteiger partial charge in [0.05, 0.1) is 0 Å². The van der Waals surface area contributed by atoms with Crippen molar-refractivity contribution in [3.8, 4) is 0 Å². The summed E-state index contributed by atoms with van der Waals surface area (Å²) in [6.45, 7) is 6.65. The SMILES string of the molecule is CCC(CC)C(=O)NCc1ccc(NCCN(C)C)cc1. The van der Waals surface area contributed by atoms with Gasteiger partial charge in [0.1, 0.15) is 0 Å². The molecule has 0 unspecified atom stereocenters. The largest absolute Gasteiger partial charge is 0.384 e. The first-order chi connectivity index (χ1) is 10.1. The molecule has 0 radical (unpaired) electrons. The molecule has 0 saturated heterocycles. The van der Waals surface area contributed by atoms with Crippen LogP contribution in [0.4, 0.5) is 5.69 Å². The van der Waals surface area contributed by atoms with E-state index in [1.807, 2.05) is 0 Å². The van der Waals surface area contributed by atoms with E-state index in [4.69, 9.17) is 0 Å². The molecule has 118 valence electrons. The summed E-state index contributed by atoms with van der Waals surface area (Å²) in [5, 5.41) is 6.39. The molecule has 0 aromatic heterocycles. The van der Waals surface area contributed by atoms with Crippen molar-refractivity contribution in [1.82, 2.24) is 10.2 Å². The van der Waals surface area contributed by atoms with Gasteiger partial charge in [-0.3, -0.25) is 4.79 Å². The Kier molecular flexibility index (Phi) is 7.83. The highest BCUT2D eigenvalue weighted by molar-refractivity contribution is 5.78. The Hall–Kier alpha value is -1.55. The molecule has 0 bridgehead atoms. The van der Waals surface area contributed by atoms with E-state index < -0.39 is 0 Å². The van der Waals surface area contributed by atoms with Crippen molar-refractivity contribution in [3.05, 3.63) is 29.8 Å². The van der Waals surface area contributed by atoms with Crippen molar-refractivity contribution in [3.63, 3.8) is 0 Å². The van der Waals surface area contributed by atoms with Gasteiger partial charge >= 0.3 is 0 Å². The number of rotatable bonds is 9. The van der Waals surface area contributed by atoms with Crippen molar-refractivity contribution in [2.45, 2.75) is 33.2 Å². The highest BCUT2D eigenvalue weighted by Crippen LogP contribution is 2.11. The van der Waals surface area contributed by atoms with Crippen LogP contribution in [0.25, 0.3) is 0 Å². The van der Waals surface area contributed by atoms with Gasteiger partial charge in [0.15, 0.2) is 0 Å². The number of benzene rings is 1. The minimum Gasteiger partial charge on any atom is -0.384 e. The number of likely N-dealkylation sites (N-methyl/N-ethyl adjacent to an activating group) is 1. The minimum atomic E-state index is 0.136. The second kappa shape index (κ2) is 9.40. The molecule has 0 heterocycles. The molecule has 4 nitrogen and oxygen atoms in total. The summed E-state index contributed by atoms with van der Waals surface area (Å²) in [6, 6.07) is 8.25. The fourth-order valence-electron chi connectivity index (χ4n) is 2.16. The maximum Gasteiger partial charge on any atom is 0.223 e. The number of nitrogens with one attached hydrogen (secondary N) is 2. The van der Waals surface area contributed by atoms with Crippen LogP contribution >= 0.6 is 0 Å². The molecule has 0 aliphatic carbocycles. The maximum atomic E-state index is 11.9. The number of anilines is 1. The quantitative estimate of drug-likeness (QED) is 0.735. The van der Waals surface area contributed by atoms with E-state index in [9.17, 15) is 4.79 Å². The van der Waals surface area contributed by atoms with Crippen LogP contribution < -0.4 is 10.6 Å². The smallest absolute Gasteiger partial charge is 0.223 e. The molecule has 0 aliphatic heterocycles. The minimum absolute atomic E-state index is 0.136. The third kappa shape index (κ3) is 6.63. The highest BCUT2D eigenvalue weighted by atomic mass is 16.1. The molecule has 1 aromatic carbocycles. The molecule has 1 rings (SSSR count). The Labute approximate surface area is 128 Å². The van der Waals surface area contributed by atoms with Crippen LogP contribution in [-0.4, -0.2) is 38.0 Å². The van der Waals surface area contributed by atoms with Crippen LogP contribution in [0.1, 0.15) is 32.3 Å². The lowest BCUT2D eigenvalue weighted by Gasteiger charge is -2.13. The average Bonchev–Trinajstić information content (AvgIpc) is 2.47. The van der Waals surface area contributed by atoms with Crippen molar-refractivity contribution >= 4 is 11.6 Å². The summed E-state index contributed by atoms with van der Waals surface area (Å²) in [4.78, 5) is 14.1. The summed E-state index contributed by atoms with van der Waals surface area (Å²) in [6.07, 6.45) is 1.80. The fourth-order valence-corrected chi connectivity index (χ4v) is 2.16. The van der Waals surface area contributed by atoms with Crippen LogP contribution in [0, 0.1) is 5.92 Å². The average molecular weight is 291 g/mol. The van der Waals surface area contributed by atoms with Gasteiger partial charge in [-0.1, -0.05) is 26.0 Å². The first-order valence-corrected chi connectivity index (χ1v) is 7.82. The molecule has 0 aliphatic rings. The Balaban J connectivity index is 2.39. The molecule has 1 amide bonds. The number of nitrogens with zero attached hydrogens (tertiary/aromatic N) is 1. The lowest BCUT2D eigenvalue weighted by Crippen LogP contribution is -2.29. The third-order valence-electron chi connectivity index (χ3n) is 3.67. The summed E-state index contributed by atoms with van der Waals surface area (Å²) in [5.74, 6) is 0.296. The van der Waals surface area contributed by atoms with Crippen LogP contribution in [-0.2, 0) is 11.3 Å². The third-order valence-corrected chi connectivity index (χ3v) is 3.67. The second-order valence-corrected chi connectivity index (χ2v) is 5.66. The van der Waals surface area contributed by atoms with Crippen molar-refractivity contribution < 1.29 is 4.79 Å². The monoisotopic (exact) mass is 291 g/mol. The predicted octanol–water partition coefficient (Wildman–Crippen LogP) is 2.71. The molecule has 4 heteroatoms. The van der Waals surface area contributed by atoms with Crippen molar-refractivity contribution in [2.75, 3.05) is 32.5 Å². The lowest BCUT2D eigenvalue weighted by atomic mass is 10.0. The number of hydrogen-bond acceptors (Lipinski definition) is 3. The van der Waals surface area contributed by atoms with Crippen LogP contribution in [0.15, 0.2) is 24.3 Å². The Morgan fingerprint density at radius 1 is 1.14 bits per heavy atom. The van der Waals surface area contributed by atoms with Gasteiger partial charge in [0.25, 0.3) is 0 Å². The van der Waals surface area contributed by atoms with Crippen LogP contribution in [0.5, 0.6) is 0 Å². The zero-order valence-corrected chi connectivity index (χ0v) is 13.8. The van der Waals surface area contributed by atoms with Gasteiger partial charge in [-0.2, -0.15) is 0 Å². The van der Waals surface area contributed by atoms with Gasteiger partial charge in [-0.25, -0.2) is 0 Å². The zero-order chi connectivity index (χ0) is 15.7. The topological polar surface area (TPSA) is 44.4 Å². The number of amides is 1. The number of hydrogen-bond donors (Lipinski definition) is 2. The van der Waals surface area contributed by atoms with Gasteiger partial charge in [-0.15, -0.1) is 0 Å². The molecule has 0 atom stereocenters. The summed E-state index contributed by atoms with van der Waals surface area (Å²) in [5.41, 5.74) is 2.25. The van der Waals surface area contributed by atoms with E-state index >= 15 is 0 Å². The first kappa shape index (κ1) is 17.5. The maximum absolute atomic E-state index is 11.9. The summed E-state index contributed by atoms with van der Waals surface area (Å²) >= 11 is 0.